The van der Waals surface area contributed by atoms with Gasteiger partial charge in [-0.05, 0) is 55.2 Å². The highest BCUT2D eigenvalue weighted by atomic mass is 19.1. The maximum absolute atomic E-state index is 14.6. The van der Waals surface area contributed by atoms with Crippen molar-refractivity contribution in [2.75, 3.05) is 27.3 Å². The molecule has 0 radical (unpaired) electrons. The molecule has 4 rings (SSSR count). The number of carbonyl (C=O) groups excluding carboxylic acids is 2. The highest BCUT2D eigenvalue weighted by Crippen LogP contribution is 2.32. The number of amides is 2. The van der Waals surface area contributed by atoms with Crippen LogP contribution in [0.1, 0.15) is 44.1 Å². The summed E-state index contributed by atoms with van der Waals surface area (Å²) in [4.78, 5) is 26.9. The van der Waals surface area contributed by atoms with Gasteiger partial charge in [-0.25, -0.2) is 4.39 Å². The molecule has 0 spiro atoms. The maximum Gasteiger partial charge on any atom is 0.222 e. The van der Waals surface area contributed by atoms with E-state index in [0.717, 1.165) is 24.3 Å². The summed E-state index contributed by atoms with van der Waals surface area (Å²) in [6, 6.07) is 12.3. The van der Waals surface area contributed by atoms with Crippen LogP contribution in [-0.2, 0) is 16.0 Å². The van der Waals surface area contributed by atoms with E-state index >= 15 is 0 Å². The van der Waals surface area contributed by atoms with Crippen molar-refractivity contribution >= 4 is 11.8 Å². The van der Waals surface area contributed by atoms with Crippen molar-refractivity contribution in [3.63, 3.8) is 0 Å². The third-order valence-electron chi connectivity index (χ3n) is 7.00. The zero-order chi connectivity index (χ0) is 24.8. The normalized spacial score (nSPS) is 20.4. The van der Waals surface area contributed by atoms with Crippen LogP contribution in [0.5, 0.6) is 17.2 Å². The lowest BCUT2D eigenvalue weighted by Gasteiger charge is -2.34. The highest BCUT2D eigenvalue weighted by Gasteiger charge is 2.39. The number of nitrogens with zero attached hydrogens (tertiary/aromatic N) is 1. The summed E-state index contributed by atoms with van der Waals surface area (Å²) in [5.74, 6) is 1.66. The van der Waals surface area contributed by atoms with Gasteiger partial charge in [-0.1, -0.05) is 6.07 Å². The highest BCUT2D eigenvalue weighted by molar-refractivity contribution is 5.80. The van der Waals surface area contributed by atoms with Gasteiger partial charge in [0.05, 0.1) is 14.2 Å². The molecular weight excluding hydrogens is 451 g/mol. The third-order valence-corrected chi connectivity index (χ3v) is 7.00. The van der Waals surface area contributed by atoms with E-state index in [1.165, 1.54) is 13.2 Å². The van der Waals surface area contributed by atoms with Crippen molar-refractivity contribution in [3.05, 3.63) is 53.8 Å². The van der Waals surface area contributed by atoms with Crippen LogP contribution >= 0.6 is 0 Å². The van der Waals surface area contributed by atoms with Crippen LogP contribution in [0.4, 0.5) is 4.39 Å². The molecule has 0 saturated carbocycles. The molecule has 0 aliphatic carbocycles. The molecule has 2 aliphatic rings. The molecular formula is C27H33FN2O5. The maximum atomic E-state index is 14.6. The molecule has 0 bridgehead atoms. The van der Waals surface area contributed by atoms with Crippen molar-refractivity contribution in [2.24, 2.45) is 0 Å². The molecule has 7 nitrogen and oxygen atoms in total. The van der Waals surface area contributed by atoms with Crippen LogP contribution < -0.4 is 19.5 Å². The molecule has 2 heterocycles. The van der Waals surface area contributed by atoms with Gasteiger partial charge >= 0.3 is 0 Å². The summed E-state index contributed by atoms with van der Waals surface area (Å²) in [6.07, 6.45) is 3.69. The van der Waals surface area contributed by atoms with Gasteiger partial charge in [-0.3, -0.25) is 9.59 Å². The van der Waals surface area contributed by atoms with Gasteiger partial charge in [0.2, 0.25) is 11.8 Å². The van der Waals surface area contributed by atoms with Crippen LogP contribution in [0.25, 0.3) is 0 Å². The van der Waals surface area contributed by atoms with Crippen LogP contribution in [-0.4, -0.2) is 55.7 Å². The summed E-state index contributed by atoms with van der Waals surface area (Å²) >= 11 is 0. The minimum atomic E-state index is -0.613. The van der Waals surface area contributed by atoms with Gasteiger partial charge in [-0.2, -0.15) is 0 Å². The van der Waals surface area contributed by atoms with E-state index in [1.807, 2.05) is 29.2 Å². The number of rotatable bonds is 9. The molecule has 8 heteroatoms. The molecule has 0 unspecified atom stereocenters. The summed E-state index contributed by atoms with van der Waals surface area (Å²) in [6.45, 7) is 1.26. The van der Waals surface area contributed by atoms with Crippen molar-refractivity contribution < 1.29 is 28.2 Å². The molecule has 2 aliphatic heterocycles. The van der Waals surface area contributed by atoms with Crippen molar-refractivity contribution in [2.45, 2.75) is 56.6 Å². The molecule has 2 aromatic rings. The Bertz CT molecular complexity index is 1040. The van der Waals surface area contributed by atoms with E-state index in [2.05, 4.69) is 5.32 Å². The first-order chi connectivity index (χ1) is 16.9. The number of likely N-dealkylation sites (tertiary alicyclic amines) is 1. The van der Waals surface area contributed by atoms with Gasteiger partial charge in [0, 0.05) is 50.4 Å². The lowest BCUT2D eigenvalue weighted by molar-refractivity contribution is -0.133. The molecule has 2 aromatic carbocycles. The third kappa shape index (κ3) is 6.24. The van der Waals surface area contributed by atoms with Gasteiger partial charge < -0.3 is 24.4 Å². The summed E-state index contributed by atoms with van der Waals surface area (Å²) in [5, 5.41) is 3.04. The first-order valence-electron chi connectivity index (χ1n) is 12.1. The molecule has 1 atom stereocenters. The monoisotopic (exact) mass is 484 g/mol. The Labute approximate surface area is 205 Å². The topological polar surface area (TPSA) is 77.1 Å². The largest absolute Gasteiger partial charge is 0.497 e. The Morgan fingerprint density at radius 1 is 1.06 bits per heavy atom. The minimum absolute atomic E-state index is 0.0529. The molecule has 188 valence electrons. The Morgan fingerprint density at radius 3 is 2.31 bits per heavy atom. The number of ether oxygens (including phenoxy) is 3. The number of halogens is 1. The van der Waals surface area contributed by atoms with Gasteiger partial charge in [-0.15, -0.1) is 0 Å². The Kier molecular flexibility index (Phi) is 7.78. The Balaban J connectivity index is 1.30. The molecule has 2 saturated heterocycles. The molecule has 0 aromatic heterocycles. The van der Waals surface area contributed by atoms with E-state index in [4.69, 9.17) is 14.2 Å². The SMILES string of the molecule is COc1ccc(OC2CCN(C(=O)CC[C@]3(Cc4ccc(OC)cc4F)CCC(=O)N3)CC2)cc1. The fourth-order valence-corrected chi connectivity index (χ4v) is 4.92. The molecule has 35 heavy (non-hydrogen) atoms. The number of hydrogen-bond acceptors (Lipinski definition) is 5. The summed E-state index contributed by atoms with van der Waals surface area (Å²) in [7, 11) is 3.12. The van der Waals surface area contributed by atoms with E-state index in [1.54, 1.807) is 19.2 Å². The number of hydrogen-bond donors (Lipinski definition) is 1. The molecule has 1 N–H and O–H groups in total. The zero-order valence-electron chi connectivity index (χ0n) is 20.3. The predicted octanol–water partition coefficient (Wildman–Crippen LogP) is 3.88. The smallest absolute Gasteiger partial charge is 0.222 e. The zero-order valence-corrected chi connectivity index (χ0v) is 20.3. The van der Waals surface area contributed by atoms with E-state index in [-0.39, 0.29) is 23.7 Å². The number of piperidine rings is 1. The lowest BCUT2D eigenvalue weighted by atomic mass is 9.84. The number of carbonyl (C=O) groups is 2. The minimum Gasteiger partial charge on any atom is -0.497 e. The van der Waals surface area contributed by atoms with Crippen LogP contribution in [0, 0.1) is 5.82 Å². The number of methoxy groups -OCH3 is 2. The second-order valence-electron chi connectivity index (χ2n) is 9.34. The number of benzene rings is 2. The average Bonchev–Trinajstić information content (AvgIpc) is 3.25. The van der Waals surface area contributed by atoms with Crippen molar-refractivity contribution in [3.8, 4) is 17.2 Å². The fourth-order valence-electron chi connectivity index (χ4n) is 4.92. The standard InChI is InChI=1S/C27H33FN2O5/c1-33-20-5-7-21(8-6-20)35-22-11-15-30(16-12-22)26(32)10-14-27(13-9-25(31)29-27)18-19-3-4-23(34-2)17-24(19)28/h3-8,17,22H,9-16,18H2,1-2H3,(H,29,31)/t27-/m0/s1. The Morgan fingerprint density at radius 2 is 1.71 bits per heavy atom. The molecule has 2 fully saturated rings. The van der Waals surface area contributed by atoms with Crippen LogP contribution in [0.3, 0.4) is 0 Å². The average molecular weight is 485 g/mol. The van der Waals surface area contributed by atoms with Gasteiger partial charge in [0.15, 0.2) is 0 Å². The number of nitrogens with one attached hydrogen (secondary N) is 1. The van der Waals surface area contributed by atoms with Gasteiger partial charge in [0.25, 0.3) is 0 Å². The second kappa shape index (κ2) is 11.0. The first-order valence-corrected chi connectivity index (χ1v) is 12.1. The van der Waals surface area contributed by atoms with E-state index in [9.17, 15) is 14.0 Å². The Hall–Kier alpha value is -3.29. The summed E-state index contributed by atoms with van der Waals surface area (Å²) < 4.78 is 30.9. The van der Waals surface area contributed by atoms with Crippen molar-refractivity contribution in [1.82, 2.24) is 10.2 Å². The predicted molar refractivity (Wildman–Crippen MR) is 129 cm³/mol. The fraction of sp³-hybridized carbons (Fsp3) is 0.481. The quantitative estimate of drug-likeness (QED) is 0.585. The van der Waals surface area contributed by atoms with Crippen LogP contribution in [0.15, 0.2) is 42.5 Å². The van der Waals surface area contributed by atoms with Crippen molar-refractivity contribution in [1.29, 1.82) is 0 Å². The van der Waals surface area contributed by atoms with Gasteiger partial charge in [0.1, 0.15) is 29.2 Å². The lowest BCUT2D eigenvalue weighted by Crippen LogP contribution is -2.46. The van der Waals surface area contributed by atoms with E-state index in [0.29, 0.717) is 56.5 Å². The van der Waals surface area contributed by atoms with E-state index < -0.39 is 5.54 Å². The first kappa shape index (κ1) is 24.8. The summed E-state index contributed by atoms with van der Waals surface area (Å²) in [5.41, 5.74) is -0.102. The van der Waals surface area contributed by atoms with Crippen LogP contribution in [0.2, 0.25) is 0 Å². The molecule has 2 amide bonds. The second-order valence-corrected chi connectivity index (χ2v) is 9.34.